The fourth-order valence-electron chi connectivity index (χ4n) is 5.94. The molecule has 2 fully saturated rings. The number of aliphatic hydroxyl groups excluding tert-OH is 2. The second kappa shape index (κ2) is 8.55. The van der Waals surface area contributed by atoms with Crippen molar-refractivity contribution in [3.8, 4) is 12.3 Å². The molecule has 2 bridgehead atoms. The molecule has 4 N–H and O–H groups in total. The van der Waals surface area contributed by atoms with E-state index in [-0.39, 0.29) is 23.1 Å². The Bertz CT molecular complexity index is 1250. The summed E-state index contributed by atoms with van der Waals surface area (Å²) >= 11 is 0. The van der Waals surface area contributed by atoms with Crippen molar-refractivity contribution in [2.24, 2.45) is 5.41 Å². The van der Waals surface area contributed by atoms with Gasteiger partial charge in [0.2, 0.25) is 0 Å². The number of carbonyl (C=O) groups excluding carboxylic acids is 1. The first-order valence-electron chi connectivity index (χ1n) is 12.5. The SMILES string of the molecule is C#Cc1c[nH]c(C(=O)Nc2ccc(C3C[C@@]4(C)O[C@@](C)(C3)[C@H](O)[C@@H]4O)nc2C2=CCC(C)(C)CC2)n1. The van der Waals surface area contributed by atoms with E-state index < -0.39 is 23.4 Å². The van der Waals surface area contributed by atoms with Crippen LogP contribution < -0.4 is 5.32 Å². The number of aromatic amines is 1. The number of allylic oxidation sites excluding steroid dienone is 2. The number of fused-ring (bicyclic) bond motifs is 2. The van der Waals surface area contributed by atoms with Crippen LogP contribution in [0.25, 0.3) is 5.57 Å². The number of carbonyl (C=O) groups is 1. The molecule has 2 aromatic rings. The van der Waals surface area contributed by atoms with Crippen LogP contribution in [-0.2, 0) is 4.74 Å². The molecule has 0 spiro atoms. The number of nitrogens with one attached hydrogen (secondary N) is 2. The van der Waals surface area contributed by atoms with Gasteiger partial charge in [-0.15, -0.1) is 6.42 Å². The zero-order valence-electron chi connectivity index (χ0n) is 21.3. The fourth-order valence-corrected chi connectivity index (χ4v) is 5.94. The van der Waals surface area contributed by atoms with Gasteiger partial charge < -0.3 is 25.3 Å². The molecule has 2 aliphatic heterocycles. The molecule has 2 saturated heterocycles. The second-order valence-corrected chi connectivity index (χ2v) is 11.7. The summed E-state index contributed by atoms with van der Waals surface area (Å²) in [5.41, 5.74) is 2.23. The highest BCUT2D eigenvalue weighted by atomic mass is 16.6. The largest absolute Gasteiger partial charge is 0.387 e. The van der Waals surface area contributed by atoms with Gasteiger partial charge in [-0.25, -0.2) is 4.98 Å². The number of rotatable bonds is 4. The average molecular weight is 491 g/mol. The van der Waals surface area contributed by atoms with Crippen molar-refractivity contribution < 1.29 is 19.7 Å². The first-order chi connectivity index (χ1) is 16.9. The Labute approximate surface area is 211 Å². The number of hydrogen-bond acceptors (Lipinski definition) is 6. The number of H-pyrrole nitrogens is 1. The zero-order chi connectivity index (χ0) is 25.9. The number of anilines is 1. The van der Waals surface area contributed by atoms with E-state index in [1.165, 1.54) is 6.20 Å². The molecule has 2 aromatic heterocycles. The molecule has 8 heteroatoms. The number of aliphatic hydroxyl groups is 2. The number of terminal acetylenes is 1. The molecule has 3 aliphatic rings. The van der Waals surface area contributed by atoms with Gasteiger partial charge in [-0.05, 0) is 75.0 Å². The van der Waals surface area contributed by atoms with Crippen molar-refractivity contribution >= 4 is 17.2 Å². The second-order valence-electron chi connectivity index (χ2n) is 11.7. The molecule has 0 aromatic carbocycles. The maximum absolute atomic E-state index is 12.9. The Morgan fingerprint density at radius 3 is 2.44 bits per heavy atom. The molecule has 5 atom stereocenters. The number of hydrogen-bond donors (Lipinski definition) is 4. The summed E-state index contributed by atoms with van der Waals surface area (Å²) in [4.78, 5) is 25.0. The van der Waals surface area contributed by atoms with Gasteiger partial charge in [-0.2, -0.15) is 0 Å². The molecule has 1 aliphatic carbocycles. The molecular formula is C28H34N4O4. The van der Waals surface area contributed by atoms with Crippen LogP contribution in [0.4, 0.5) is 5.69 Å². The Morgan fingerprint density at radius 1 is 1.17 bits per heavy atom. The van der Waals surface area contributed by atoms with Crippen LogP contribution in [0.5, 0.6) is 0 Å². The van der Waals surface area contributed by atoms with Crippen LogP contribution in [-0.4, -0.2) is 54.5 Å². The Hall–Kier alpha value is -2.99. The Morgan fingerprint density at radius 2 is 1.86 bits per heavy atom. The number of amides is 1. The number of nitrogens with zero attached hydrogens (tertiary/aromatic N) is 2. The van der Waals surface area contributed by atoms with Crippen molar-refractivity contribution in [2.45, 2.75) is 89.1 Å². The van der Waals surface area contributed by atoms with E-state index >= 15 is 0 Å². The summed E-state index contributed by atoms with van der Waals surface area (Å²) < 4.78 is 6.13. The lowest BCUT2D eigenvalue weighted by atomic mass is 9.77. The summed E-state index contributed by atoms with van der Waals surface area (Å²) in [5.74, 6) is 2.16. The van der Waals surface area contributed by atoms with E-state index in [0.29, 0.717) is 24.2 Å². The topological polar surface area (TPSA) is 120 Å². The summed E-state index contributed by atoms with van der Waals surface area (Å²) in [5, 5.41) is 24.3. The van der Waals surface area contributed by atoms with Gasteiger partial charge in [0.25, 0.3) is 5.91 Å². The van der Waals surface area contributed by atoms with Crippen LogP contribution in [0.3, 0.4) is 0 Å². The number of imidazole rings is 1. The minimum absolute atomic E-state index is 0.00653. The van der Waals surface area contributed by atoms with Crippen molar-refractivity contribution in [1.29, 1.82) is 0 Å². The lowest BCUT2D eigenvalue weighted by Crippen LogP contribution is -2.43. The van der Waals surface area contributed by atoms with Crippen LogP contribution in [0.2, 0.25) is 0 Å². The van der Waals surface area contributed by atoms with E-state index in [1.54, 1.807) is 0 Å². The predicted octanol–water partition coefficient (Wildman–Crippen LogP) is 3.78. The van der Waals surface area contributed by atoms with Gasteiger partial charge in [0, 0.05) is 17.8 Å². The molecule has 190 valence electrons. The number of pyridine rings is 1. The molecule has 1 unspecified atom stereocenters. The first kappa shape index (κ1) is 24.7. The van der Waals surface area contributed by atoms with E-state index in [0.717, 1.165) is 36.2 Å². The van der Waals surface area contributed by atoms with Crippen molar-refractivity contribution in [3.63, 3.8) is 0 Å². The smallest absolute Gasteiger partial charge is 0.291 e. The maximum atomic E-state index is 12.9. The third-order valence-electron chi connectivity index (χ3n) is 8.12. The highest BCUT2D eigenvalue weighted by Gasteiger charge is 2.62. The molecule has 1 amide bonds. The van der Waals surface area contributed by atoms with Gasteiger partial charge in [0.05, 0.1) is 22.6 Å². The van der Waals surface area contributed by atoms with Crippen molar-refractivity contribution in [1.82, 2.24) is 15.0 Å². The van der Waals surface area contributed by atoms with Crippen LogP contribution in [0.15, 0.2) is 24.4 Å². The number of ether oxygens (including phenoxy) is 1. The van der Waals surface area contributed by atoms with Gasteiger partial charge in [-0.3, -0.25) is 9.78 Å². The predicted molar refractivity (Wildman–Crippen MR) is 136 cm³/mol. The van der Waals surface area contributed by atoms with Crippen LogP contribution in [0, 0.1) is 17.8 Å². The van der Waals surface area contributed by atoms with Gasteiger partial charge in [-0.1, -0.05) is 19.9 Å². The van der Waals surface area contributed by atoms with Gasteiger partial charge in [0.1, 0.15) is 17.9 Å². The highest BCUT2D eigenvalue weighted by Crippen LogP contribution is 2.53. The minimum Gasteiger partial charge on any atom is -0.387 e. The summed E-state index contributed by atoms with van der Waals surface area (Å²) in [7, 11) is 0. The minimum atomic E-state index is -0.949. The maximum Gasteiger partial charge on any atom is 0.291 e. The fraction of sp³-hybridized carbons (Fsp3) is 0.536. The van der Waals surface area contributed by atoms with Gasteiger partial charge in [0.15, 0.2) is 5.82 Å². The number of aromatic nitrogens is 3. The lowest BCUT2D eigenvalue weighted by Gasteiger charge is -2.41. The average Bonchev–Trinajstić information content (AvgIpc) is 3.36. The molecular weight excluding hydrogens is 456 g/mol. The quantitative estimate of drug-likeness (QED) is 0.484. The van der Waals surface area contributed by atoms with Crippen LogP contribution >= 0.6 is 0 Å². The standard InChI is InChI=1S/C28H34N4O4/c1-6-18-15-29-24(30-18)25(35)32-20-8-7-19(31-21(20)16-9-11-26(2,3)12-10-16)17-13-27(4)22(33)23(34)28(5,14-17)36-27/h1,7-9,15,17,22-23,33-34H,10-14H2,2-5H3,(H,29,30)(H,32,35)/t17?,22-,23+,27+,28-. The normalized spacial score (nSPS) is 33.0. The molecule has 0 saturated carbocycles. The van der Waals surface area contributed by atoms with E-state index in [4.69, 9.17) is 16.1 Å². The van der Waals surface area contributed by atoms with E-state index in [1.807, 2.05) is 26.0 Å². The zero-order valence-corrected chi connectivity index (χ0v) is 21.3. The molecule has 4 heterocycles. The lowest BCUT2D eigenvalue weighted by molar-refractivity contribution is -0.153. The Balaban J connectivity index is 1.50. The monoisotopic (exact) mass is 490 g/mol. The summed E-state index contributed by atoms with van der Waals surface area (Å²) in [6, 6.07) is 3.80. The molecule has 0 radical (unpaired) electrons. The third-order valence-corrected chi connectivity index (χ3v) is 8.12. The van der Waals surface area contributed by atoms with Gasteiger partial charge >= 0.3 is 0 Å². The van der Waals surface area contributed by atoms with Crippen molar-refractivity contribution in [2.75, 3.05) is 5.32 Å². The van der Waals surface area contributed by atoms with E-state index in [9.17, 15) is 15.0 Å². The van der Waals surface area contributed by atoms with Crippen LogP contribution in [0.1, 0.15) is 93.4 Å². The molecule has 5 rings (SSSR count). The first-order valence-corrected chi connectivity index (χ1v) is 12.5. The summed E-state index contributed by atoms with van der Waals surface area (Å²) in [6.45, 7) is 8.21. The molecule has 36 heavy (non-hydrogen) atoms. The highest BCUT2D eigenvalue weighted by molar-refractivity contribution is 6.03. The van der Waals surface area contributed by atoms with E-state index in [2.05, 4.69) is 41.1 Å². The summed E-state index contributed by atoms with van der Waals surface area (Å²) in [6.07, 6.45) is 11.1. The Kier molecular flexibility index (Phi) is 5.86. The third kappa shape index (κ3) is 4.26. The van der Waals surface area contributed by atoms with Crippen molar-refractivity contribution in [3.05, 3.63) is 47.3 Å². The molecule has 8 nitrogen and oxygen atoms in total.